The summed E-state index contributed by atoms with van der Waals surface area (Å²) in [4.78, 5) is 13.4. The van der Waals surface area contributed by atoms with Crippen molar-refractivity contribution in [3.8, 4) is 23.0 Å². The van der Waals surface area contributed by atoms with Crippen LogP contribution in [0.25, 0.3) is 0 Å². The summed E-state index contributed by atoms with van der Waals surface area (Å²) in [5, 5.41) is 9.52. The zero-order valence-electron chi connectivity index (χ0n) is 18.0. The average molecular weight is 444 g/mol. The maximum absolute atomic E-state index is 13.4. The Labute approximate surface area is 186 Å². The SMILES string of the molecule is COc1ccc(NC(=O)C2=C(C)NC(=S)N[C@H]2c2cc(OC)ccc2OC)c(OC)c1. The molecule has 2 aromatic rings. The molecule has 0 radical (unpaired) electrons. The van der Waals surface area contributed by atoms with Gasteiger partial charge in [0.2, 0.25) is 0 Å². The van der Waals surface area contributed by atoms with Crippen LogP contribution in [0.15, 0.2) is 47.7 Å². The molecule has 0 aromatic heterocycles. The normalized spacial score (nSPS) is 15.5. The monoisotopic (exact) mass is 443 g/mol. The quantitative estimate of drug-likeness (QED) is 0.563. The summed E-state index contributed by atoms with van der Waals surface area (Å²) in [5.41, 5.74) is 2.32. The molecule has 0 spiro atoms. The van der Waals surface area contributed by atoms with Crippen molar-refractivity contribution in [3.63, 3.8) is 0 Å². The zero-order chi connectivity index (χ0) is 22.5. The fraction of sp³-hybridized carbons (Fsp3) is 0.273. The van der Waals surface area contributed by atoms with Crippen molar-refractivity contribution in [2.75, 3.05) is 33.8 Å². The number of carbonyl (C=O) groups excluding carboxylic acids is 1. The van der Waals surface area contributed by atoms with Crippen molar-refractivity contribution in [2.24, 2.45) is 0 Å². The Hall–Kier alpha value is -3.46. The van der Waals surface area contributed by atoms with E-state index >= 15 is 0 Å². The summed E-state index contributed by atoms with van der Waals surface area (Å²) >= 11 is 5.34. The van der Waals surface area contributed by atoms with Gasteiger partial charge in [-0.05, 0) is 49.5 Å². The maximum Gasteiger partial charge on any atom is 0.255 e. The number of rotatable bonds is 7. The Morgan fingerprint density at radius 3 is 2.23 bits per heavy atom. The third kappa shape index (κ3) is 4.66. The number of thiocarbonyl (C=S) groups is 1. The van der Waals surface area contributed by atoms with Gasteiger partial charge in [-0.3, -0.25) is 4.79 Å². The fourth-order valence-electron chi connectivity index (χ4n) is 3.38. The number of carbonyl (C=O) groups is 1. The number of allylic oxidation sites excluding steroid dienone is 1. The van der Waals surface area contributed by atoms with Crippen LogP contribution < -0.4 is 34.9 Å². The maximum atomic E-state index is 13.4. The standard InChI is InChI=1S/C22H25N3O5S/c1-12-19(21(26)24-16-8-6-14(28-3)11-18(16)30-5)20(25-22(31)23-12)15-10-13(27-2)7-9-17(15)29-4/h6-11,20H,1-5H3,(H,24,26)(H2,23,25,31)/t20-/m0/s1. The van der Waals surface area contributed by atoms with Gasteiger partial charge in [0, 0.05) is 17.3 Å². The van der Waals surface area contributed by atoms with Gasteiger partial charge in [0.1, 0.15) is 23.0 Å². The summed E-state index contributed by atoms with van der Waals surface area (Å²) in [7, 11) is 6.25. The van der Waals surface area contributed by atoms with Gasteiger partial charge < -0.3 is 34.9 Å². The lowest BCUT2D eigenvalue weighted by Crippen LogP contribution is -2.45. The van der Waals surface area contributed by atoms with Crippen molar-refractivity contribution < 1.29 is 23.7 Å². The number of amides is 1. The molecule has 3 N–H and O–H groups in total. The van der Waals surface area contributed by atoms with Gasteiger partial charge >= 0.3 is 0 Å². The van der Waals surface area contributed by atoms with Crippen LogP contribution in [0.4, 0.5) is 5.69 Å². The molecule has 164 valence electrons. The highest BCUT2D eigenvalue weighted by Crippen LogP contribution is 2.37. The van der Waals surface area contributed by atoms with Gasteiger partial charge in [0.15, 0.2) is 5.11 Å². The minimum absolute atomic E-state index is 0.321. The van der Waals surface area contributed by atoms with E-state index in [-0.39, 0.29) is 5.91 Å². The molecule has 3 rings (SSSR count). The van der Waals surface area contributed by atoms with E-state index < -0.39 is 6.04 Å². The van der Waals surface area contributed by atoms with Gasteiger partial charge in [-0.2, -0.15) is 0 Å². The first-order valence-electron chi connectivity index (χ1n) is 9.45. The van der Waals surface area contributed by atoms with Crippen molar-refractivity contribution in [2.45, 2.75) is 13.0 Å². The van der Waals surface area contributed by atoms with Gasteiger partial charge in [-0.1, -0.05) is 0 Å². The number of methoxy groups -OCH3 is 4. The highest BCUT2D eigenvalue weighted by Gasteiger charge is 2.32. The Morgan fingerprint density at radius 1 is 0.935 bits per heavy atom. The van der Waals surface area contributed by atoms with Gasteiger partial charge in [-0.15, -0.1) is 0 Å². The molecule has 0 unspecified atom stereocenters. The molecule has 1 atom stereocenters. The van der Waals surface area contributed by atoms with Crippen LogP contribution in [0.5, 0.6) is 23.0 Å². The third-order valence-corrected chi connectivity index (χ3v) is 5.14. The average Bonchev–Trinajstić information content (AvgIpc) is 2.78. The number of anilines is 1. The Bertz CT molecular complexity index is 1040. The Kier molecular flexibility index (Phi) is 6.86. The van der Waals surface area contributed by atoms with Crippen LogP contribution in [0.2, 0.25) is 0 Å². The Balaban J connectivity index is 2.02. The Morgan fingerprint density at radius 2 is 1.58 bits per heavy atom. The molecule has 1 aliphatic heterocycles. The molecular weight excluding hydrogens is 418 g/mol. The molecule has 0 aliphatic carbocycles. The van der Waals surface area contributed by atoms with Crippen LogP contribution in [-0.4, -0.2) is 39.5 Å². The van der Waals surface area contributed by atoms with Crippen LogP contribution in [0, 0.1) is 0 Å². The number of nitrogens with one attached hydrogen (secondary N) is 3. The molecule has 1 heterocycles. The number of hydrogen-bond donors (Lipinski definition) is 3. The van der Waals surface area contributed by atoms with Crippen molar-refractivity contribution in [1.29, 1.82) is 0 Å². The van der Waals surface area contributed by atoms with Crippen LogP contribution >= 0.6 is 12.2 Å². The molecule has 2 aromatic carbocycles. The molecule has 31 heavy (non-hydrogen) atoms. The first-order valence-corrected chi connectivity index (χ1v) is 9.86. The third-order valence-electron chi connectivity index (χ3n) is 4.92. The van der Waals surface area contributed by atoms with Crippen LogP contribution in [-0.2, 0) is 4.79 Å². The topological polar surface area (TPSA) is 90.1 Å². The highest BCUT2D eigenvalue weighted by molar-refractivity contribution is 7.80. The van der Waals surface area contributed by atoms with Gasteiger partial charge in [-0.25, -0.2) is 0 Å². The van der Waals surface area contributed by atoms with E-state index in [0.29, 0.717) is 45.1 Å². The molecule has 0 bridgehead atoms. The minimum atomic E-state index is -0.553. The lowest BCUT2D eigenvalue weighted by atomic mass is 9.94. The molecule has 0 saturated carbocycles. The molecule has 1 aliphatic rings. The van der Waals surface area contributed by atoms with E-state index in [9.17, 15) is 4.79 Å². The second-order valence-corrected chi connectivity index (χ2v) is 7.11. The number of hydrogen-bond acceptors (Lipinski definition) is 6. The molecule has 0 fully saturated rings. The summed E-state index contributed by atoms with van der Waals surface area (Å²) in [6.07, 6.45) is 0. The summed E-state index contributed by atoms with van der Waals surface area (Å²) in [6.45, 7) is 1.80. The van der Waals surface area contributed by atoms with Crippen LogP contribution in [0.1, 0.15) is 18.5 Å². The number of ether oxygens (including phenoxy) is 4. The first kappa shape index (κ1) is 22.2. The minimum Gasteiger partial charge on any atom is -0.497 e. The summed E-state index contributed by atoms with van der Waals surface area (Å²) < 4.78 is 21.5. The van der Waals surface area contributed by atoms with E-state index in [4.69, 9.17) is 31.2 Å². The fourth-order valence-corrected chi connectivity index (χ4v) is 3.66. The van der Waals surface area contributed by atoms with Gasteiger partial charge in [0.25, 0.3) is 5.91 Å². The lowest BCUT2D eigenvalue weighted by Gasteiger charge is -2.31. The van der Waals surface area contributed by atoms with Crippen molar-refractivity contribution >= 4 is 28.9 Å². The van der Waals surface area contributed by atoms with E-state index in [1.807, 2.05) is 6.07 Å². The smallest absolute Gasteiger partial charge is 0.255 e. The molecule has 9 heteroatoms. The first-order chi connectivity index (χ1) is 14.9. The second-order valence-electron chi connectivity index (χ2n) is 6.70. The molecule has 1 amide bonds. The van der Waals surface area contributed by atoms with Gasteiger partial charge in [0.05, 0.1) is 45.7 Å². The van der Waals surface area contributed by atoms with E-state index in [1.165, 1.54) is 7.11 Å². The largest absolute Gasteiger partial charge is 0.497 e. The van der Waals surface area contributed by atoms with E-state index in [1.54, 1.807) is 58.6 Å². The molecule has 0 saturated heterocycles. The summed E-state index contributed by atoms with van der Waals surface area (Å²) in [6, 6.07) is 10.0. The van der Waals surface area contributed by atoms with Crippen molar-refractivity contribution in [3.05, 3.63) is 53.2 Å². The number of benzene rings is 2. The highest BCUT2D eigenvalue weighted by atomic mass is 32.1. The van der Waals surface area contributed by atoms with Crippen molar-refractivity contribution in [1.82, 2.24) is 10.6 Å². The summed E-state index contributed by atoms with van der Waals surface area (Å²) in [5.74, 6) is 2.02. The van der Waals surface area contributed by atoms with Crippen LogP contribution in [0.3, 0.4) is 0 Å². The second kappa shape index (κ2) is 9.57. The predicted molar refractivity (Wildman–Crippen MR) is 122 cm³/mol. The van der Waals surface area contributed by atoms with E-state index in [0.717, 1.165) is 5.56 Å². The molecule has 8 nitrogen and oxygen atoms in total. The zero-order valence-corrected chi connectivity index (χ0v) is 18.8. The van der Waals surface area contributed by atoms with E-state index in [2.05, 4.69) is 16.0 Å². The molecular formula is C22H25N3O5S. The lowest BCUT2D eigenvalue weighted by molar-refractivity contribution is -0.113. The predicted octanol–water partition coefficient (Wildman–Crippen LogP) is 3.15.